The number of nitrogens with zero attached hydrogens (tertiary/aromatic N) is 2. The zero-order valence-electron chi connectivity index (χ0n) is 12.0. The lowest BCUT2D eigenvalue weighted by Crippen LogP contribution is -2.44. The van der Waals surface area contributed by atoms with Gasteiger partial charge in [-0.15, -0.1) is 12.4 Å². The molecule has 2 aromatic heterocycles. The molecule has 2 atom stereocenters. The number of hydrogen-bond donors (Lipinski definition) is 1. The molecule has 0 spiro atoms. The molecule has 2 bridgehead atoms. The van der Waals surface area contributed by atoms with Crippen molar-refractivity contribution in [2.75, 3.05) is 13.1 Å². The first kappa shape index (κ1) is 15.2. The van der Waals surface area contributed by atoms with Gasteiger partial charge in [0.05, 0.1) is 6.20 Å². The van der Waals surface area contributed by atoms with Crippen LogP contribution in [0.4, 0.5) is 4.39 Å². The smallest absolute Gasteiger partial charge is 0.251 e. The number of nitrogens with one attached hydrogen (secondary N) is 1. The largest absolute Gasteiger partial charge is 0.316 e. The maximum Gasteiger partial charge on any atom is 0.251 e. The fraction of sp³-hybridized carbons (Fsp3) is 0.375. The van der Waals surface area contributed by atoms with Crippen molar-refractivity contribution in [2.24, 2.45) is 5.92 Å². The highest BCUT2D eigenvalue weighted by Crippen LogP contribution is 2.33. The standard InChI is InChI=1S/C16H16FN3O.ClH/c17-14-8-18-2-1-13(14)11-4-15-12-3-10(6-19-7-12)9-20(15)16(21)5-11;/h1-2,4-5,8,10,12,19H,3,6-7,9H2;1H/t10-,12+;/m0./s1. The van der Waals surface area contributed by atoms with Crippen molar-refractivity contribution in [2.45, 2.75) is 18.9 Å². The SMILES string of the molecule is Cl.O=c1cc(-c2ccncc2F)cc2n1C[C@@H]1CNC[C@H]2C1. The number of aromatic nitrogens is 2. The summed E-state index contributed by atoms with van der Waals surface area (Å²) in [6.45, 7) is 2.62. The minimum absolute atomic E-state index is 0. The Labute approximate surface area is 133 Å². The Balaban J connectivity index is 0.00000144. The summed E-state index contributed by atoms with van der Waals surface area (Å²) in [5.41, 5.74) is 2.08. The van der Waals surface area contributed by atoms with Gasteiger partial charge in [-0.3, -0.25) is 9.78 Å². The maximum absolute atomic E-state index is 13.9. The molecule has 2 aliphatic heterocycles. The minimum atomic E-state index is -0.391. The van der Waals surface area contributed by atoms with E-state index in [-0.39, 0.29) is 18.0 Å². The van der Waals surface area contributed by atoms with E-state index in [2.05, 4.69) is 10.3 Å². The van der Waals surface area contributed by atoms with E-state index in [9.17, 15) is 9.18 Å². The van der Waals surface area contributed by atoms with E-state index >= 15 is 0 Å². The summed E-state index contributed by atoms with van der Waals surface area (Å²) in [4.78, 5) is 16.2. The van der Waals surface area contributed by atoms with Crippen molar-refractivity contribution in [3.05, 3.63) is 52.5 Å². The summed E-state index contributed by atoms with van der Waals surface area (Å²) in [5.74, 6) is 0.477. The van der Waals surface area contributed by atoms with Gasteiger partial charge in [0.15, 0.2) is 0 Å². The first-order valence-corrected chi connectivity index (χ1v) is 7.28. The first-order valence-electron chi connectivity index (χ1n) is 7.28. The second-order valence-corrected chi connectivity index (χ2v) is 5.93. The third-order valence-corrected chi connectivity index (χ3v) is 4.54. The Morgan fingerprint density at radius 1 is 1.32 bits per heavy atom. The van der Waals surface area contributed by atoms with Crippen molar-refractivity contribution in [1.82, 2.24) is 14.9 Å². The number of piperidine rings is 1. The van der Waals surface area contributed by atoms with Crippen molar-refractivity contribution < 1.29 is 4.39 Å². The predicted octanol–water partition coefficient (Wildman–Crippen LogP) is 2.18. The van der Waals surface area contributed by atoms with Crippen LogP contribution in [0.15, 0.2) is 35.4 Å². The summed E-state index contributed by atoms with van der Waals surface area (Å²) in [6.07, 6.45) is 3.84. The molecular weight excluding hydrogens is 305 g/mol. The number of halogens is 2. The average Bonchev–Trinajstić information content (AvgIpc) is 2.49. The van der Waals surface area contributed by atoms with Crippen molar-refractivity contribution >= 4 is 12.4 Å². The highest BCUT2D eigenvalue weighted by Gasteiger charge is 2.31. The van der Waals surface area contributed by atoms with Crippen LogP contribution in [-0.4, -0.2) is 22.6 Å². The van der Waals surface area contributed by atoms with E-state index in [0.29, 0.717) is 23.0 Å². The molecule has 22 heavy (non-hydrogen) atoms. The van der Waals surface area contributed by atoms with Crippen LogP contribution in [-0.2, 0) is 6.54 Å². The zero-order chi connectivity index (χ0) is 14.4. The van der Waals surface area contributed by atoms with Gasteiger partial charge in [-0.2, -0.15) is 0 Å². The Kier molecular flexibility index (Phi) is 4.02. The lowest BCUT2D eigenvalue weighted by Gasteiger charge is -2.37. The number of fused-ring (bicyclic) bond motifs is 4. The lowest BCUT2D eigenvalue weighted by atomic mass is 9.83. The lowest BCUT2D eigenvalue weighted by molar-refractivity contribution is 0.257. The van der Waals surface area contributed by atoms with Gasteiger partial charge in [0.2, 0.25) is 0 Å². The van der Waals surface area contributed by atoms with Gasteiger partial charge in [0.25, 0.3) is 5.56 Å². The summed E-state index contributed by atoms with van der Waals surface area (Å²) >= 11 is 0. The van der Waals surface area contributed by atoms with Gasteiger partial charge < -0.3 is 9.88 Å². The van der Waals surface area contributed by atoms with Crippen LogP contribution in [0.3, 0.4) is 0 Å². The summed E-state index contributed by atoms with van der Waals surface area (Å²) in [7, 11) is 0. The molecule has 1 N–H and O–H groups in total. The van der Waals surface area contributed by atoms with Crippen LogP contribution in [0.25, 0.3) is 11.1 Å². The molecule has 4 rings (SSSR count). The van der Waals surface area contributed by atoms with E-state index in [1.165, 1.54) is 12.3 Å². The predicted molar refractivity (Wildman–Crippen MR) is 84.9 cm³/mol. The summed E-state index contributed by atoms with van der Waals surface area (Å²) < 4.78 is 15.8. The van der Waals surface area contributed by atoms with Gasteiger partial charge in [-0.05, 0) is 36.6 Å². The second-order valence-electron chi connectivity index (χ2n) is 5.93. The van der Waals surface area contributed by atoms with E-state index in [0.717, 1.165) is 31.7 Å². The van der Waals surface area contributed by atoms with Crippen LogP contribution in [0.1, 0.15) is 18.0 Å². The molecule has 2 aliphatic rings. The van der Waals surface area contributed by atoms with Crippen LogP contribution in [0, 0.1) is 11.7 Å². The Hall–Kier alpha value is -1.72. The molecule has 116 valence electrons. The zero-order valence-corrected chi connectivity index (χ0v) is 12.8. The molecule has 2 aromatic rings. The third kappa shape index (κ3) is 2.44. The molecule has 4 heterocycles. The number of pyridine rings is 2. The maximum atomic E-state index is 13.9. The first-order chi connectivity index (χ1) is 10.2. The molecule has 0 saturated carbocycles. The highest BCUT2D eigenvalue weighted by atomic mass is 35.5. The molecule has 0 aromatic carbocycles. The summed E-state index contributed by atoms with van der Waals surface area (Å²) in [6, 6.07) is 5.12. The van der Waals surface area contributed by atoms with E-state index in [1.54, 1.807) is 12.3 Å². The fourth-order valence-electron chi connectivity index (χ4n) is 3.57. The highest BCUT2D eigenvalue weighted by molar-refractivity contribution is 5.85. The van der Waals surface area contributed by atoms with Crippen molar-refractivity contribution in [3.63, 3.8) is 0 Å². The van der Waals surface area contributed by atoms with Gasteiger partial charge in [-0.25, -0.2) is 4.39 Å². The van der Waals surface area contributed by atoms with Crippen molar-refractivity contribution in [1.29, 1.82) is 0 Å². The molecule has 0 amide bonds. The Morgan fingerprint density at radius 2 is 2.18 bits per heavy atom. The second kappa shape index (κ2) is 5.82. The van der Waals surface area contributed by atoms with Crippen molar-refractivity contribution in [3.8, 4) is 11.1 Å². The topological polar surface area (TPSA) is 46.9 Å². The molecule has 1 saturated heterocycles. The van der Waals surface area contributed by atoms with Gasteiger partial charge in [0.1, 0.15) is 5.82 Å². The molecule has 4 nitrogen and oxygen atoms in total. The molecule has 0 aliphatic carbocycles. The molecule has 0 unspecified atom stereocenters. The third-order valence-electron chi connectivity index (χ3n) is 4.54. The van der Waals surface area contributed by atoms with Gasteiger partial charge >= 0.3 is 0 Å². The van der Waals surface area contributed by atoms with Gasteiger partial charge in [0, 0.05) is 42.5 Å². The fourth-order valence-corrected chi connectivity index (χ4v) is 3.57. The quantitative estimate of drug-likeness (QED) is 0.875. The molecule has 0 radical (unpaired) electrons. The average molecular weight is 322 g/mol. The van der Waals surface area contributed by atoms with Gasteiger partial charge in [-0.1, -0.05) is 0 Å². The molecular formula is C16H17ClFN3O. The summed E-state index contributed by atoms with van der Waals surface area (Å²) in [5, 5.41) is 3.42. The van der Waals surface area contributed by atoms with Crippen LogP contribution in [0.2, 0.25) is 0 Å². The van der Waals surface area contributed by atoms with Crippen LogP contribution >= 0.6 is 12.4 Å². The van der Waals surface area contributed by atoms with Crippen LogP contribution < -0.4 is 10.9 Å². The van der Waals surface area contributed by atoms with E-state index < -0.39 is 5.82 Å². The van der Waals surface area contributed by atoms with Crippen LogP contribution in [0.5, 0.6) is 0 Å². The Bertz CT molecular complexity index is 761. The number of rotatable bonds is 1. The Morgan fingerprint density at radius 3 is 3.00 bits per heavy atom. The number of hydrogen-bond acceptors (Lipinski definition) is 3. The van der Waals surface area contributed by atoms with E-state index in [1.807, 2.05) is 10.6 Å². The molecule has 1 fully saturated rings. The molecule has 6 heteroatoms. The monoisotopic (exact) mass is 321 g/mol. The minimum Gasteiger partial charge on any atom is -0.316 e. The van der Waals surface area contributed by atoms with E-state index in [4.69, 9.17) is 0 Å². The normalized spacial score (nSPS) is 22.6.